The lowest BCUT2D eigenvalue weighted by Crippen LogP contribution is -2.39. The Labute approximate surface area is 145 Å². The molecule has 5 nitrogen and oxygen atoms in total. The zero-order valence-electron chi connectivity index (χ0n) is 13.3. The summed E-state index contributed by atoms with van der Waals surface area (Å²) in [5.41, 5.74) is 3.58. The molecule has 2 saturated heterocycles. The Morgan fingerprint density at radius 1 is 1.33 bits per heavy atom. The van der Waals surface area contributed by atoms with Crippen LogP contribution in [0.2, 0.25) is 0 Å². The van der Waals surface area contributed by atoms with E-state index in [-0.39, 0.29) is 18.1 Å². The van der Waals surface area contributed by atoms with E-state index in [4.69, 9.17) is 17.0 Å². The smallest absolute Gasteiger partial charge is 0.251 e. The summed E-state index contributed by atoms with van der Waals surface area (Å²) in [5.74, 6) is 0.131. The van der Waals surface area contributed by atoms with E-state index in [0.29, 0.717) is 18.2 Å². The van der Waals surface area contributed by atoms with E-state index in [1.807, 2.05) is 12.1 Å². The van der Waals surface area contributed by atoms with Gasteiger partial charge in [0.15, 0.2) is 5.11 Å². The van der Waals surface area contributed by atoms with E-state index >= 15 is 0 Å². The fourth-order valence-electron chi connectivity index (χ4n) is 4.22. The maximum absolute atomic E-state index is 12.9. The molecule has 124 valence electrons. The van der Waals surface area contributed by atoms with Crippen molar-refractivity contribution in [3.8, 4) is 0 Å². The molecule has 4 heterocycles. The molecular formula is C18H19N3O2S. The Kier molecular flexibility index (Phi) is 3.18. The molecule has 0 unspecified atom stereocenters. The van der Waals surface area contributed by atoms with Gasteiger partial charge in [0.25, 0.3) is 5.91 Å². The van der Waals surface area contributed by atoms with Crippen LogP contribution in [0.25, 0.3) is 10.9 Å². The molecule has 24 heavy (non-hydrogen) atoms. The van der Waals surface area contributed by atoms with Gasteiger partial charge in [-0.25, -0.2) is 0 Å². The van der Waals surface area contributed by atoms with Crippen LogP contribution >= 0.6 is 12.2 Å². The van der Waals surface area contributed by atoms with Gasteiger partial charge in [0.2, 0.25) is 0 Å². The summed E-state index contributed by atoms with van der Waals surface area (Å²) in [5, 5.41) is 1.88. The van der Waals surface area contributed by atoms with Crippen LogP contribution in [0.15, 0.2) is 24.3 Å². The molecule has 1 aromatic carbocycles. The molecule has 3 aliphatic heterocycles. The Morgan fingerprint density at radius 3 is 3.04 bits per heavy atom. The van der Waals surface area contributed by atoms with Crippen LogP contribution in [-0.4, -0.2) is 51.1 Å². The highest BCUT2D eigenvalue weighted by atomic mass is 32.1. The van der Waals surface area contributed by atoms with E-state index < -0.39 is 0 Å². The third-order valence-electron chi connectivity index (χ3n) is 5.44. The highest BCUT2D eigenvalue weighted by Crippen LogP contribution is 2.34. The van der Waals surface area contributed by atoms with Crippen LogP contribution in [0.3, 0.4) is 0 Å². The minimum Gasteiger partial charge on any atom is -0.376 e. The molecule has 1 aromatic heterocycles. The Morgan fingerprint density at radius 2 is 2.21 bits per heavy atom. The zero-order chi connectivity index (χ0) is 16.3. The van der Waals surface area contributed by atoms with Gasteiger partial charge < -0.3 is 14.6 Å². The van der Waals surface area contributed by atoms with Crippen LogP contribution in [-0.2, 0) is 22.5 Å². The van der Waals surface area contributed by atoms with Gasteiger partial charge in [-0.15, -0.1) is 0 Å². The van der Waals surface area contributed by atoms with Crippen LogP contribution in [0.4, 0.5) is 0 Å². The van der Waals surface area contributed by atoms with Crippen molar-refractivity contribution in [1.29, 1.82) is 0 Å². The lowest BCUT2D eigenvalue weighted by molar-refractivity contribution is -0.129. The third-order valence-corrected chi connectivity index (χ3v) is 5.90. The first-order valence-corrected chi connectivity index (χ1v) is 8.95. The maximum Gasteiger partial charge on any atom is 0.251 e. The van der Waals surface area contributed by atoms with Gasteiger partial charge in [-0.2, -0.15) is 0 Å². The lowest BCUT2D eigenvalue weighted by atomic mass is 9.97. The number of para-hydroxylation sites is 1. The SMILES string of the molecule is O=C1[C@@H]2Cc3c([nH]c4ccccc34)CN2C(=S)N1C[C@H]1CCCO1. The quantitative estimate of drug-likeness (QED) is 0.851. The molecule has 0 saturated carbocycles. The van der Waals surface area contributed by atoms with Crippen molar-refractivity contribution < 1.29 is 9.53 Å². The molecule has 0 radical (unpaired) electrons. The second kappa shape index (κ2) is 5.29. The molecular weight excluding hydrogens is 322 g/mol. The normalized spacial score (nSPS) is 26.3. The van der Waals surface area contributed by atoms with Gasteiger partial charge in [-0.3, -0.25) is 9.69 Å². The number of benzene rings is 1. The number of ether oxygens (including phenoxy) is 1. The third kappa shape index (κ3) is 2.03. The van der Waals surface area contributed by atoms with E-state index in [0.717, 1.165) is 31.4 Å². The number of hydrogen-bond acceptors (Lipinski definition) is 3. The highest BCUT2D eigenvalue weighted by molar-refractivity contribution is 7.80. The number of aromatic nitrogens is 1. The standard InChI is InChI=1S/C18H19N3O2S/c22-17-16-8-13-12-5-1-2-6-14(12)19-15(13)10-20(16)18(24)21(17)9-11-4-3-7-23-11/h1-2,5-6,11,16,19H,3-4,7-10H2/t11-,16+/m1/s1. The van der Waals surface area contributed by atoms with Crippen molar-refractivity contribution in [2.24, 2.45) is 0 Å². The Hall–Kier alpha value is -1.92. The van der Waals surface area contributed by atoms with Crippen molar-refractivity contribution in [3.63, 3.8) is 0 Å². The number of rotatable bonds is 2. The molecule has 5 rings (SSSR count). The number of nitrogens with zero attached hydrogens (tertiary/aromatic N) is 2. The van der Waals surface area contributed by atoms with Crippen LogP contribution in [0.1, 0.15) is 24.1 Å². The second-order valence-electron chi connectivity index (χ2n) is 6.84. The van der Waals surface area contributed by atoms with Crippen molar-refractivity contribution in [2.75, 3.05) is 13.2 Å². The Bertz CT molecular complexity index is 840. The minimum atomic E-state index is -0.161. The maximum atomic E-state index is 12.9. The number of fused-ring (bicyclic) bond motifs is 4. The zero-order valence-corrected chi connectivity index (χ0v) is 14.1. The van der Waals surface area contributed by atoms with Crippen LogP contribution < -0.4 is 0 Å². The predicted octanol–water partition coefficient (Wildman–Crippen LogP) is 2.20. The first-order valence-electron chi connectivity index (χ1n) is 8.54. The summed E-state index contributed by atoms with van der Waals surface area (Å²) in [7, 11) is 0. The van der Waals surface area contributed by atoms with Gasteiger partial charge in [0, 0.05) is 29.6 Å². The molecule has 0 aliphatic carbocycles. The number of nitrogens with one attached hydrogen (secondary N) is 1. The number of carbonyl (C=O) groups excluding carboxylic acids is 1. The first-order chi connectivity index (χ1) is 11.7. The fraction of sp³-hybridized carbons (Fsp3) is 0.444. The lowest BCUT2D eigenvalue weighted by Gasteiger charge is -2.28. The summed E-state index contributed by atoms with van der Waals surface area (Å²) in [6.07, 6.45) is 2.94. The van der Waals surface area contributed by atoms with Gasteiger partial charge in [0.1, 0.15) is 6.04 Å². The van der Waals surface area contributed by atoms with Crippen molar-refractivity contribution in [3.05, 3.63) is 35.5 Å². The van der Waals surface area contributed by atoms with E-state index in [1.54, 1.807) is 4.90 Å². The second-order valence-corrected chi connectivity index (χ2v) is 7.21. The molecule has 1 N–H and O–H groups in total. The minimum absolute atomic E-state index is 0.131. The molecule has 6 heteroatoms. The number of hydrogen-bond donors (Lipinski definition) is 1. The van der Waals surface area contributed by atoms with E-state index in [1.165, 1.54) is 16.6 Å². The monoisotopic (exact) mass is 341 g/mol. The molecule has 0 bridgehead atoms. The van der Waals surface area contributed by atoms with Gasteiger partial charge in [0.05, 0.1) is 19.2 Å². The summed E-state index contributed by atoms with van der Waals surface area (Å²) in [6, 6.07) is 8.13. The molecule has 3 aliphatic rings. The largest absolute Gasteiger partial charge is 0.376 e. The number of amides is 1. The van der Waals surface area contributed by atoms with Gasteiger partial charge in [-0.1, -0.05) is 18.2 Å². The summed E-state index contributed by atoms with van der Waals surface area (Å²) in [4.78, 5) is 20.3. The molecule has 2 fully saturated rings. The van der Waals surface area contributed by atoms with Crippen molar-refractivity contribution >= 4 is 34.1 Å². The topological polar surface area (TPSA) is 48.6 Å². The average Bonchev–Trinajstić information content (AvgIpc) is 3.28. The first kappa shape index (κ1) is 14.4. The summed E-state index contributed by atoms with van der Waals surface area (Å²) >= 11 is 5.62. The van der Waals surface area contributed by atoms with Crippen molar-refractivity contribution in [2.45, 2.75) is 38.0 Å². The highest BCUT2D eigenvalue weighted by Gasteiger charge is 2.46. The molecule has 0 spiro atoms. The molecule has 2 atom stereocenters. The van der Waals surface area contributed by atoms with Crippen LogP contribution in [0, 0.1) is 0 Å². The molecule has 1 amide bonds. The van der Waals surface area contributed by atoms with Gasteiger partial charge >= 0.3 is 0 Å². The number of H-pyrrole nitrogens is 1. The van der Waals surface area contributed by atoms with Gasteiger partial charge in [-0.05, 0) is 36.7 Å². The predicted molar refractivity (Wildman–Crippen MR) is 94.6 cm³/mol. The van der Waals surface area contributed by atoms with E-state index in [9.17, 15) is 4.79 Å². The van der Waals surface area contributed by atoms with E-state index in [2.05, 4.69) is 22.0 Å². The summed E-state index contributed by atoms with van der Waals surface area (Å²) in [6.45, 7) is 2.07. The average molecular weight is 341 g/mol. The summed E-state index contributed by atoms with van der Waals surface area (Å²) < 4.78 is 5.69. The van der Waals surface area contributed by atoms with Crippen LogP contribution in [0.5, 0.6) is 0 Å². The Balaban J connectivity index is 1.46. The van der Waals surface area contributed by atoms with Crippen molar-refractivity contribution in [1.82, 2.24) is 14.8 Å². The molecule has 2 aromatic rings. The fourth-order valence-corrected chi connectivity index (χ4v) is 4.58. The number of thiocarbonyl (C=S) groups is 1. The number of carbonyl (C=O) groups is 1. The number of aromatic amines is 1.